The molecule has 0 aromatic carbocycles. The first-order valence-corrected chi connectivity index (χ1v) is 6.79. The van der Waals surface area contributed by atoms with Crippen LogP contribution in [0.25, 0.3) is 0 Å². The predicted molar refractivity (Wildman–Crippen MR) is 93.9 cm³/mol. The van der Waals surface area contributed by atoms with Gasteiger partial charge in [0.2, 0.25) is 5.88 Å². The molecule has 2 N–H and O–H groups in total. The molecule has 0 bridgehead atoms. The first-order valence-electron chi connectivity index (χ1n) is 6.79. The summed E-state index contributed by atoms with van der Waals surface area (Å²) in [5, 5.41) is 6.37. The van der Waals surface area contributed by atoms with E-state index in [1.807, 2.05) is 39.8 Å². The van der Waals surface area contributed by atoms with E-state index in [0.717, 1.165) is 24.6 Å². The van der Waals surface area contributed by atoms with Gasteiger partial charge in [0.05, 0.1) is 12.6 Å². The number of rotatable bonds is 6. The van der Waals surface area contributed by atoms with Gasteiger partial charge in [0.1, 0.15) is 0 Å². The van der Waals surface area contributed by atoms with E-state index in [-0.39, 0.29) is 30.1 Å². The van der Waals surface area contributed by atoms with Crippen molar-refractivity contribution in [2.45, 2.75) is 40.3 Å². The Kier molecular flexibility index (Phi) is 10.1. The SMILES string of the molecule is CCNC(=NCc1ccc(OC(C)C)nc1)NCC.I. The summed E-state index contributed by atoms with van der Waals surface area (Å²) in [5.74, 6) is 1.48. The molecular weight excluding hydrogens is 367 g/mol. The maximum absolute atomic E-state index is 5.50. The van der Waals surface area contributed by atoms with Crippen LogP contribution in [-0.4, -0.2) is 30.1 Å². The number of hydrogen-bond donors (Lipinski definition) is 2. The molecule has 0 spiro atoms. The van der Waals surface area contributed by atoms with Gasteiger partial charge in [-0.3, -0.25) is 0 Å². The van der Waals surface area contributed by atoms with E-state index >= 15 is 0 Å². The van der Waals surface area contributed by atoms with Crippen LogP contribution in [0, 0.1) is 0 Å². The molecule has 5 nitrogen and oxygen atoms in total. The fraction of sp³-hybridized carbons (Fsp3) is 0.571. The van der Waals surface area contributed by atoms with Gasteiger partial charge in [-0.25, -0.2) is 9.98 Å². The van der Waals surface area contributed by atoms with Crippen LogP contribution in [0.3, 0.4) is 0 Å². The van der Waals surface area contributed by atoms with E-state index < -0.39 is 0 Å². The molecule has 0 fully saturated rings. The molecule has 0 saturated carbocycles. The molecule has 0 aliphatic heterocycles. The second-order valence-corrected chi connectivity index (χ2v) is 4.40. The van der Waals surface area contributed by atoms with Gasteiger partial charge in [0.25, 0.3) is 0 Å². The monoisotopic (exact) mass is 392 g/mol. The second kappa shape index (κ2) is 10.7. The highest BCUT2D eigenvalue weighted by atomic mass is 127. The predicted octanol–water partition coefficient (Wildman–Crippen LogP) is 2.56. The van der Waals surface area contributed by atoms with Crippen molar-refractivity contribution in [2.24, 2.45) is 4.99 Å². The van der Waals surface area contributed by atoms with E-state index in [2.05, 4.69) is 20.6 Å². The van der Waals surface area contributed by atoms with Crippen molar-refractivity contribution >= 4 is 29.9 Å². The summed E-state index contributed by atoms with van der Waals surface area (Å²) in [6.07, 6.45) is 1.95. The number of halogens is 1. The third kappa shape index (κ3) is 7.52. The smallest absolute Gasteiger partial charge is 0.213 e. The lowest BCUT2D eigenvalue weighted by atomic mass is 10.3. The van der Waals surface area contributed by atoms with Gasteiger partial charge in [0, 0.05) is 25.4 Å². The van der Waals surface area contributed by atoms with Crippen molar-refractivity contribution in [3.05, 3.63) is 23.9 Å². The standard InChI is InChI=1S/C14H24N4O.HI/c1-5-15-14(16-6-2)18-10-12-7-8-13(17-9-12)19-11(3)4;/h7-9,11H,5-6,10H2,1-4H3,(H2,15,16,18);1H. The average molecular weight is 392 g/mol. The molecule has 0 radical (unpaired) electrons. The largest absolute Gasteiger partial charge is 0.475 e. The summed E-state index contributed by atoms with van der Waals surface area (Å²) in [5.41, 5.74) is 1.06. The van der Waals surface area contributed by atoms with Crippen LogP contribution in [0.4, 0.5) is 0 Å². The molecule has 1 aromatic heterocycles. The fourth-order valence-corrected chi connectivity index (χ4v) is 1.50. The highest BCUT2D eigenvalue weighted by Gasteiger charge is 2.00. The number of guanidine groups is 1. The molecule has 0 aliphatic rings. The minimum Gasteiger partial charge on any atom is -0.475 e. The van der Waals surface area contributed by atoms with E-state index in [0.29, 0.717) is 12.4 Å². The van der Waals surface area contributed by atoms with Crippen LogP contribution in [0.15, 0.2) is 23.3 Å². The van der Waals surface area contributed by atoms with Crippen LogP contribution in [-0.2, 0) is 6.54 Å². The Morgan fingerprint density at radius 2 is 1.90 bits per heavy atom. The topological polar surface area (TPSA) is 58.5 Å². The minimum atomic E-state index is 0. The summed E-state index contributed by atoms with van der Waals surface area (Å²) in [7, 11) is 0. The summed E-state index contributed by atoms with van der Waals surface area (Å²) in [4.78, 5) is 8.73. The van der Waals surface area contributed by atoms with Crippen molar-refractivity contribution in [2.75, 3.05) is 13.1 Å². The Labute approximate surface area is 138 Å². The zero-order valence-electron chi connectivity index (χ0n) is 12.6. The highest BCUT2D eigenvalue weighted by Crippen LogP contribution is 2.10. The molecule has 114 valence electrons. The van der Waals surface area contributed by atoms with Crippen LogP contribution in [0.1, 0.15) is 33.3 Å². The van der Waals surface area contributed by atoms with Gasteiger partial charge in [-0.2, -0.15) is 0 Å². The Morgan fingerprint density at radius 3 is 2.35 bits per heavy atom. The van der Waals surface area contributed by atoms with Crippen molar-refractivity contribution in [3.63, 3.8) is 0 Å². The van der Waals surface area contributed by atoms with Gasteiger partial charge in [0.15, 0.2) is 5.96 Å². The maximum Gasteiger partial charge on any atom is 0.213 e. The molecule has 1 aromatic rings. The Bertz CT molecular complexity index is 385. The molecule has 0 saturated heterocycles. The number of nitrogens with zero attached hydrogens (tertiary/aromatic N) is 2. The molecule has 0 aliphatic carbocycles. The third-order valence-corrected chi connectivity index (χ3v) is 2.26. The highest BCUT2D eigenvalue weighted by molar-refractivity contribution is 14.0. The number of hydrogen-bond acceptors (Lipinski definition) is 3. The lowest BCUT2D eigenvalue weighted by molar-refractivity contribution is 0.232. The van der Waals surface area contributed by atoms with Gasteiger partial charge < -0.3 is 15.4 Å². The zero-order valence-corrected chi connectivity index (χ0v) is 15.0. The van der Waals surface area contributed by atoms with Crippen molar-refractivity contribution in [3.8, 4) is 5.88 Å². The minimum absolute atomic E-state index is 0. The van der Waals surface area contributed by atoms with Crippen LogP contribution >= 0.6 is 24.0 Å². The lowest BCUT2D eigenvalue weighted by Gasteiger charge is -2.10. The fourth-order valence-electron chi connectivity index (χ4n) is 1.50. The van der Waals surface area contributed by atoms with Gasteiger partial charge in [-0.1, -0.05) is 6.07 Å². The molecule has 1 heterocycles. The van der Waals surface area contributed by atoms with Crippen molar-refractivity contribution < 1.29 is 4.74 Å². The van der Waals surface area contributed by atoms with E-state index in [9.17, 15) is 0 Å². The number of ether oxygens (including phenoxy) is 1. The first-order chi connectivity index (χ1) is 9.15. The van der Waals surface area contributed by atoms with Crippen molar-refractivity contribution in [1.82, 2.24) is 15.6 Å². The van der Waals surface area contributed by atoms with E-state index in [4.69, 9.17) is 4.74 Å². The first kappa shape index (κ1) is 18.9. The normalized spacial score (nSPS) is 9.65. The summed E-state index contributed by atoms with van der Waals surface area (Å²) < 4.78 is 5.50. The number of aliphatic imine (C=N–C) groups is 1. The number of pyridine rings is 1. The van der Waals surface area contributed by atoms with E-state index in [1.54, 1.807) is 6.20 Å². The van der Waals surface area contributed by atoms with Crippen LogP contribution in [0.2, 0.25) is 0 Å². The van der Waals surface area contributed by atoms with Gasteiger partial charge in [-0.15, -0.1) is 24.0 Å². The number of nitrogens with one attached hydrogen (secondary N) is 2. The Balaban J connectivity index is 0.00000361. The Hall–Kier alpha value is -1.05. The molecule has 0 unspecified atom stereocenters. The van der Waals surface area contributed by atoms with Gasteiger partial charge >= 0.3 is 0 Å². The third-order valence-electron chi connectivity index (χ3n) is 2.26. The Morgan fingerprint density at radius 1 is 1.25 bits per heavy atom. The average Bonchev–Trinajstić information content (AvgIpc) is 2.37. The summed E-state index contributed by atoms with van der Waals surface area (Å²) >= 11 is 0. The lowest BCUT2D eigenvalue weighted by Crippen LogP contribution is -2.36. The summed E-state index contributed by atoms with van der Waals surface area (Å²) in [6.45, 7) is 10.4. The van der Waals surface area contributed by atoms with Gasteiger partial charge in [-0.05, 0) is 33.3 Å². The molecule has 20 heavy (non-hydrogen) atoms. The van der Waals surface area contributed by atoms with Crippen LogP contribution < -0.4 is 15.4 Å². The molecule has 6 heteroatoms. The summed E-state index contributed by atoms with van der Waals surface area (Å²) in [6, 6.07) is 3.87. The van der Waals surface area contributed by atoms with Crippen molar-refractivity contribution in [1.29, 1.82) is 0 Å². The molecule has 0 amide bonds. The molecule has 1 rings (SSSR count). The molecule has 0 atom stereocenters. The quantitative estimate of drug-likeness (QED) is 0.444. The maximum atomic E-state index is 5.50. The zero-order chi connectivity index (χ0) is 14.1. The van der Waals surface area contributed by atoms with E-state index in [1.165, 1.54) is 0 Å². The molecular formula is C14H25IN4O. The second-order valence-electron chi connectivity index (χ2n) is 4.40. The van der Waals surface area contributed by atoms with Crippen LogP contribution in [0.5, 0.6) is 5.88 Å². The number of aromatic nitrogens is 1.